The van der Waals surface area contributed by atoms with E-state index in [1.165, 1.54) is 0 Å². The molecule has 0 radical (unpaired) electrons. The largest absolute Gasteiger partial charge is 1.00 e. The summed E-state index contributed by atoms with van der Waals surface area (Å²) in [6.07, 6.45) is 0. The summed E-state index contributed by atoms with van der Waals surface area (Å²) in [6, 6.07) is 5.32. The quantitative estimate of drug-likeness (QED) is 0.458. The van der Waals surface area contributed by atoms with Gasteiger partial charge in [-0.1, -0.05) is 29.3 Å². The molecule has 0 fully saturated rings. The number of hydrogen-bond donors (Lipinski definition) is 1. The summed E-state index contributed by atoms with van der Waals surface area (Å²) < 4.78 is 0. The zero-order chi connectivity index (χ0) is 6.85. The first-order valence-corrected chi connectivity index (χ1v) is 3.55. The van der Waals surface area contributed by atoms with Gasteiger partial charge < -0.3 is 1.43 Å². The van der Waals surface area contributed by atoms with E-state index in [1.807, 2.05) is 0 Å². The van der Waals surface area contributed by atoms with Crippen LogP contribution in [0.3, 0.4) is 0 Å². The van der Waals surface area contributed by atoms with Crippen LogP contribution < -0.4 is 29.6 Å². The summed E-state index contributed by atoms with van der Waals surface area (Å²) in [5.41, 5.74) is 0. The molecule has 1 rings (SSSR count). The smallest absolute Gasteiger partial charge is 1.00 e. The van der Waals surface area contributed by atoms with Crippen LogP contribution in [0.2, 0.25) is 10.0 Å². The fraction of sp³-hybridized carbons (Fsp3) is 0. The van der Waals surface area contributed by atoms with Gasteiger partial charge in [-0.25, -0.2) is 0 Å². The Morgan fingerprint density at radius 3 is 2.30 bits per heavy atom. The molecular formula is C6H5Cl2NaS. The molecule has 0 N–H and O–H groups in total. The second kappa shape index (κ2) is 4.91. The van der Waals surface area contributed by atoms with Crippen molar-refractivity contribution in [1.82, 2.24) is 0 Å². The molecule has 50 valence electrons. The van der Waals surface area contributed by atoms with Crippen LogP contribution in [0.4, 0.5) is 0 Å². The molecule has 0 saturated heterocycles. The molecule has 0 atom stereocenters. The first kappa shape index (κ1) is 11.2. The summed E-state index contributed by atoms with van der Waals surface area (Å²) in [6.45, 7) is 0. The molecule has 4 heteroatoms. The SMILES string of the molecule is Sc1cccc(Cl)c1Cl.[H-].[Na+]. The summed E-state index contributed by atoms with van der Waals surface area (Å²) in [7, 11) is 0. The van der Waals surface area contributed by atoms with Gasteiger partial charge in [0.1, 0.15) is 0 Å². The number of rotatable bonds is 0. The molecule has 0 saturated carbocycles. The second-order valence-corrected chi connectivity index (χ2v) is 2.84. The Bertz CT molecular complexity index is 212. The molecule has 0 nitrogen and oxygen atoms in total. The van der Waals surface area contributed by atoms with Crippen LogP contribution >= 0.6 is 35.8 Å². The van der Waals surface area contributed by atoms with E-state index in [1.54, 1.807) is 18.2 Å². The van der Waals surface area contributed by atoms with Gasteiger partial charge in [0.05, 0.1) is 10.0 Å². The molecule has 0 aromatic heterocycles. The Balaban J connectivity index is 0. The van der Waals surface area contributed by atoms with Crippen LogP contribution in [-0.4, -0.2) is 0 Å². The molecule has 10 heavy (non-hydrogen) atoms. The standard InChI is InChI=1S/C6H4Cl2S.Na.H/c7-4-2-1-3-5(9)6(4)8;;/h1-3,9H;;/q;+1;-1. The van der Waals surface area contributed by atoms with E-state index < -0.39 is 0 Å². The minimum absolute atomic E-state index is 0. The topological polar surface area (TPSA) is 0 Å². The fourth-order valence-electron chi connectivity index (χ4n) is 0.492. The van der Waals surface area contributed by atoms with E-state index >= 15 is 0 Å². The molecule has 0 unspecified atom stereocenters. The molecule has 0 heterocycles. The average Bonchev–Trinajstić information content (AvgIpc) is 1.83. The first-order chi connectivity index (χ1) is 4.22. The van der Waals surface area contributed by atoms with Crippen molar-refractivity contribution < 1.29 is 31.0 Å². The van der Waals surface area contributed by atoms with Gasteiger partial charge in [0.15, 0.2) is 0 Å². The molecule has 0 aliphatic rings. The minimum Gasteiger partial charge on any atom is -1.00 e. The molecule has 0 aliphatic heterocycles. The van der Waals surface area contributed by atoms with E-state index in [0.717, 1.165) is 0 Å². The second-order valence-electron chi connectivity index (χ2n) is 1.57. The summed E-state index contributed by atoms with van der Waals surface area (Å²) in [4.78, 5) is 0.712. The molecule has 1 aromatic rings. The number of hydrogen-bond acceptors (Lipinski definition) is 1. The van der Waals surface area contributed by atoms with Gasteiger partial charge in [-0.05, 0) is 12.1 Å². The predicted octanol–water partition coefficient (Wildman–Crippen LogP) is 0.399. The molecule has 1 aromatic carbocycles. The summed E-state index contributed by atoms with van der Waals surface area (Å²) in [5, 5.41) is 1.06. The van der Waals surface area contributed by atoms with Gasteiger partial charge in [0, 0.05) is 4.90 Å². The Labute approximate surface area is 99.1 Å². The molecular weight excluding hydrogens is 198 g/mol. The van der Waals surface area contributed by atoms with Crippen LogP contribution in [0.5, 0.6) is 0 Å². The first-order valence-electron chi connectivity index (χ1n) is 2.35. The van der Waals surface area contributed by atoms with Crippen LogP contribution in [0, 0.1) is 0 Å². The maximum atomic E-state index is 5.67. The van der Waals surface area contributed by atoms with Crippen molar-refractivity contribution in [3.05, 3.63) is 28.2 Å². The Morgan fingerprint density at radius 1 is 1.30 bits per heavy atom. The fourth-order valence-corrected chi connectivity index (χ4v) is 1.07. The van der Waals surface area contributed by atoms with Crippen LogP contribution in [0.25, 0.3) is 0 Å². The van der Waals surface area contributed by atoms with Crippen molar-refractivity contribution in [3.63, 3.8) is 0 Å². The monoisotopic (exact) mass is 202 g/mol. The van der Waals surface area contributed by atoms with E-state index in [4.69, 9.17) is 23.2 Å². The summed E-state index contributed by atoms with van der Waals surface area (Å²) in [5.74, 6) is 0. The van der Waals surface area contributed by atoms with E-state index in [9.17, 15) is 0 Å². The Kier molecular flexibility index (Phi) is 5.48. The van der Waals surface area contributed by atoms with Crippen molar-refractivity contribution in [1.29, 1.82) is 0 Å². The molecule has 0 spiro atoms. The maximum Gasteiger partial charge on any atom is 1.00 e. The van der Waals surface area contributed by atoms with Crippen LogP contribution in [0.15, 0.2) is 23.1 Å². The third kappa shape index (κ3) is 2.65. The zero-order valence-corrected chi connectivity index (χ0v) is 9.84. The number of benzene rings is 1. The van der Waals surface area contributed by atoms with Crippen molar-refractivity contribution in [2.45, 2.75) is 4.90 Å². The minimum atomic E-state index is 0. The maximum absolute atomic E-state index is 5.67. The van der Waals surface area contributed by atoms with E-state index in [-0.39, 0.29) is 31.0 Å². The third-order valence-electron chi connectivity index (χ3n) is 0.931. The average molecular weight is 203 g/mol. The van der Waals surface area contributed by atoms with Crippen molar-refractivity contribution in [2.24, 2.45) is 0 Å². The Morgan fingerprint density at radius 2 is 1.90 bits per heavy atom. The number of halogens is 2. The van der Waals surface area contributed by atoms with Crippen molar-refractivity contribution in [2.75, 3.05) is 0 Å². The van der Waals surface area contributed by atoms with Gasteiger partial charge in [-0.15, -0.1) is 12.6 Å². The predicted molar refractivity (Wildman–Crippen MR) is 44.8 cm³/mol. The van der Waals surface area contributed by atoms with Crippen molar-refractivity contribution in [3.8, 4) is 0 Å². The number of thiol groups is 1. The van der Waals surface area contributed by atoms with Gasteiger partial charge in [-0.3, -0.25) is 0 Å². The van der Waals surface area contributed by atoms with Gasteiger partial charge >= 0.3 is 29.6 Å². The van der Waals surface area contributed by atoms with Gasteiger partial charge in [-0.2, -0.15) is 0 Å². The van der Waals surface area contributed by atoms with Crippen LogP contribution in [0.1, 0.15) is 1.43 Å². The van der Waals surface area contributed by atoms with Gasteiger partial charge in [0.2, 0.25) is 0 Å². The Hall–Kier alpha value is 1.15. The normalized spacial score (nSPS) is 8.70. The van der Waals surface area contributed by atoms with Crippen molar-refractivity contribution >= 4 is 35.8 Å². The summed E-state index contributed by atoms with van der Waals surface area (Å²) >= 11 is 15.4. The van der Waals surface area contributed by atoms with Crippen LogP contribution in [-0.2, 0) is 0 Å². The van der Waals surface area contributed by atoms with E-state index in [2.05, 4.69) is 12.6 Å². The molecule has 0 amide bonds. The molecule has 0 bridgehead atoms. The van der Waals surface area contributed by atoms with Gasteiger partial charge in [0.25, 0.3) is 0 Å². The third-order valence-corrected chi connectivity index (χ3v) is 2.25. The molecule has 0 aliphatic carbocycles. The zero-order valence-electron chi connectivity index (χ0n) is 6.44. The van der Waals surface area contributed by atoms with E-state index in [0.29, 0.717) is 14.9 Å².